The summed E-state index contributed by atoms with van der Waals surface area (Å²) in [7, 11) is 0. The van der Waals surface area contributed by atoms with Gasteiger partial charge < -0.3 is 14.8 Å². The normalized spacial score (nSPS) is 11.9. The van der Waals surface area contributed by atoms with Crippen LogP contribution in [0.15, 0.2) is 42.5 Å². The molecule has 0 saturated carbocycles. The van der Waals surface area contributed by atoms with E-state index in [4.69, 9.17) is 9.47 Å². The molecule has 0 fully saturated rings. The van der Waals surface area contributed by atoms with Crippen molar-refractivity contribution in [3.63, 3.8) is 0 Å². The highest BCUT2D eigenvalue weighted by atomic mass is 16.5. The van der Waals surface area contributed by atoms with Crippen LogP contribution in [0.4, 0.5) is 10.5 Å². The van der Waals surface area contributed by atoms with Crippen molar-refractivity contribution in [3.8, 4) is 5.75 Å². The summed E-state index contributed by atoms with van der Waals surface area (Å²) in [6.07, 6.45) is 3.26. The van der Waals surface area contributed by atoms with Crippen molar-refractivity contribution >= 4 is 23.6 Å². The summed E-state index contributed by atoms with van der Waals surface area (Å²) < 4.78 is 10.4. The summed E-state index contributed by atoms with van der Waals surface area (Å²) in [6, 6.07) is 11.4. The van der Waals surface area contributed by atoms with Gasteiger partial charge in [-0.15, -0.1) is 0 Å². The first-order chi connectivity index (χ1) is 14.0. The van der Waals surface area contributed by atoms with Gasteiger partial charge >= 0.3 is 12.0 Å². The lowest BCUT2D eigenvalue weighted by atomic mass is 10.1. The third-order valence-electron chi connectivity index (χ3n) is 4.41. The molecule has 152 valence electrons. The van der Waals surface area contributed by atoms with Crippen LogP contribution in [0.5, 0.6) is 5.75 Å². The summed E-state index contributed by atoms with van der Waals surface area (Å²) >= 11 is 0. The predicted molar refractivity (Wildman–Crippen MR) is 107 cm³/mol. The number of nitrogens with one attached hydrogen (secondary N) is 3. The van der Waals surface area contributed by atoms with E-state index in [1.54, 1.807) is 19.1 Å². The number of hydrazine groups is 1. The number of fused-ring (bicyclic) bond motifs is 1. The fourth-order valence-corrected chi connectivity index (χ4v) is 3.02. The molecule has 0 bridgehead atoms. The highest BCUT2D eigenvalue weighted by Gasteiger charge is 2.12. The van der Waals surface area contributed by atoms with Gasteiger partial charge in [-0.2, -0.15) is 0 Å². The summed E-state index contributed by atoms with van der Waals surface area (Å²) in [6.45, 7) is 1.80. The molecule has 1 aliphatic rings. The second-order valence-corrected chi connectivity index (χ2v) is 6.50. The number of hydrogen-bond acceptors (Lipinski definition) is 5. The second kappa shape index (κ2) is 9.59. The number of urea groups is 1. The van der Waals surface area contributed by atoms with E-state index in [0.29, 0.717) is 17.0 Å². The van der Waals surface area contributed by atoms with Gasteiger partial charge in [0, 0.05) is 5.69 Å². The number of hydrogen-bond donors (Lipinski definition) is 3. The lowest BCUT2D eigenvalue weighted by Gasteiger charge is -2.11. The van der Waals surface area contributed by atoms with Crippen LogP contribution in [0.1, 0.15) is 34.8 Å². The van der Waals surface area contributed by atoms with Gasteiger partial charge in [0.05, 0.1) is 12.2 Å². The van der Waals surface area contributed by atoms with E-state index < -0.39 is 17.9 Å². The SMILES string of the molecule is CCOC(=O)c1ccc(NC(=O)NNC(=O)COc2ccc3c(c2)CCC3)cc1. The average Bonchev–Trinajstić information content (AvgIpc) is 3.19. The lowest BCUT2D eigenvalue weighted by Crippen LogP contribution is -2.45. The van der Waals surface area contributed by atoms with Crippen LogP contribution in [0.2, 0.25) is 0 Å². The Morgan fingerprint density at radius 2 is 1.72 bits per heavy atom. The van der Waals surface area contributed by atoms with Gasteiger partial charge in [0.1, 0.15) is 5.75 Å². The Morgan fingerprint density at radius 1 is 0.966 bits per heavy atom. The van der Waals surface area contributed by atoms with Crippen LogP contribution in [0, 0.1) is 0 Å². The maximum absolute atomic E-state index is 11.9. The quantitative estimate of drug-likeness (QED) is 0.513. The zero-order chi connectivity index (χ0) is 20.6. The number of aryl methyl sites for hydroxylation is 2. The van der Waals surface area contributed by atoms with Gasteiger partial charge in [0.2, 0.25) is 0 Å². The van der Waals surface area contributed by atoms with Crippen molar-refractivity contribution in [3.05, 3.63) is 59.2 Å². The van der Waals surface area contributed by atoms with E-state index in [1.807, 2.05) is 18.2 Å². The van der Waals surface area contributed by atoms with Crippen molar-refractivity contribution in [1.82, 2.24) is 10.9 Å². The highest BCUT2D eigenvalue weighted by molar-refractivity contribution is 5.93. The molecule has 0 aromatic heterocycles. The van der Waals surface area contributed by atoms with Crippen LogP contribution in [-0.2, 0) is 22.4 Å². The largest absolute Gasteiger partial charge is 0.484 e. The minimum atomic E-state index is -0.625. The van der Waals surface area contributed by atoms with E-state index in [0.717, 1.165) is 19.3 Å². The Labute approximate surface area is 168 Å². The number of carbonyl (C=O) groups excluding carboxylic acids is 3. The maximum atomic E-state index is 11.9. The van der Waals surface area contributed by atoms with Crippen molar-refractivity contribution in [2.45, 2.75) is 26.2 Å². The van der Waals surface area contributed by atoms with Crippen LogP contribution < -0.4 is 20.9 Å². The molecule has 3 N–H and O–H groups in total. The molecular formula is C21H23N3O5. The van der Waals surface area contributed by atoms with Gasteiger partial charge in [0.15, 0.2) is 6.61 Å². The molecule has 0 heterocycles. The molecule has 29 heavy (non-hydrogen) atoms. The number of rotatable bonds is 6. The van der Waals surface area contributed by atoms with Gasteiger partial charge in [-0.1, -0.05) is 6.07 Å². The van der Waals surface area contributed by atoms with Gasteiger partial charge in [-0.25, -0.2) is 15.0 Å². The topological polar surface area (TPSA) is 106 Å². The summed E-state index contributed by atoms with van der Waals surface area (Å²) in [4.78, 5) is 35.3. The minimum Gasteiger partial charge on any atom is -0.484 e. The van der Waals surface area contributed by atoms with E-state index in [1.165, 1.54) is 23.3 Å². The smallest absolute Gasteiger partial charge is 0.338 e. The molecule has 0 spiro atoms. The number of esters is 1. The Morgan fingerprint density at radius 3 is 2.48 bits per heavy atom. The first kappa shape index (κ1) is 20.2. The maximum Gasteiger partial charge on any atom is 0.338 e. The monoisotopic (exact) mass is 397 g/mol. The fraction of sp³-hybridized carbons (Fsp3) is 0.286. The van der Waals surface area contributed by atoms with Crippen LogP contribution in [0.25, 0.3) is 0 Å². The van der Waals surface area contributed by atoms with Crippen LogP contribution in [-0.4, -0.2) is 31.1 Å². The van der Waals surface area contributed by atoms with Crippen LogP contribution >= 0.6 is 0 Å². The Balaban J connectivity index is 1.39. The molecule has 0 unspecified atom stereocenters. The summed E-state index contributed by atoms with van der Waals surface area (Å²) in [5.41, 5.74) is 7.95. The molecule has 0 atom stereocenters. The predicted octanol–water partition coefficient (Wildman–Crippen LogP) is 2.58. The Bertz CT molecular complexity index is 896. The average molecular weight is 397 g/mol. The minimum absolute atomic E-state index is 0.215. The summed E-state index contributed by atoms with van der Waals surface area (Å²) in [5, 5.41) is 2.54. The molecule has 1 aliphatic carbocycles. The number of amides is 3. The zero-order valence-corrected chi connectivity index (χ0v) is 16.1. The van der Waals surface area contributed by atoms with Gasteiger partial charge in [-0.05, 0) is 73.7 Å². The second-order valence-electron chi connectivity index (χ2n) is 6.50. The molecule has 3 rings (SSSR count). The number of benzene rings is 2. The van der Waals surface area contributed by atoms with E-state index in [-0.39, 0.29) is 13.2 Å². The number of anilines is 1. The lowest BCUT2D eigenvalue weighted by molar-refractivity contribution is -0.123. The zero-order valence-electron chi connectivity index (χ0n) is 16.1. The molecule has 0 aliphatic heterocycles. The Kier molecular flexibility index (Phi) is 6.67. The highest BCUT2D eigenvalue weighted by Crippen LogP contribution is 2.25. The molecule has 0 saturated heterocycles. The van der Waals surface area contributed by atoms with Crippen molar-refractivity contribution in [2.75, 3.05) is 18.5 Å². The summed E-state index contributed by atoms with van der Waals surface area (Å²) in [5.74, 6) is -0.288. The fourth-order valence-electron chi connectivity index (χ4n) is 3.02. The standard InChI is InChI=1S/C21H23N3O5/c1-2-28-20(26)15-6-9-17(10-7-15)22-21(27)24-23-19(25)13-29-18-11-8-14-4-3-5-16(14)12-18/h6-12H,2-5,13H2,1H3,(H,23,25)(H2,22,24,27). The molecule has 8 heteroatoms. The van der Waals surface area contributed by atoms with E-state index >= 15 is 0 Å². The molecule has 3 amide bonds. The van der Waals surface area contributed by atoms with Gasteiger partial charge in [0.25, 0.3) is 5.91 Å². The van der Waals surface area contributed by atoms with Crippen molar-refractivity contribution < 1.29 is 23.9 Å². The third kappa shape index (κ3) is 5.71. The first-order valence-electron chi connectivity index (χ1n) is 9.43. The van der Waals surface area contributed by atoms with Crippen molar-refractivity contribution in [1.29, 1.82) is 0 Å². The molecule has 2 aromatic rings. The molecule has 2 aromatic carbocycles. The van der Waals surface area contributed by atoms with Crippen molar-refractivity contribution in [2.24, 2.45) is 0 Å². The first-order valence-corrected chi connectivity index (χ1v) is 9.43. The number of ether oxygens (including phenoxy) is 2. The van der Waals surface area contributed by atoms with Gasteiger partial charge in [-0.3, -0.25) is 10.2 Å². The third-order valence-corrected chi connectivity index (χ3v) is 4.41. The molecule has 8 nitrogen and oxygen atoms in total. The van der Waals surface area contributed by atoms with E-state index in [2.05, 4.69) is 16.2 Å². The number of carbonyl (C=O) groups is 3. The molecular weight excluding hydrogens is 374 g/mol. The van der Waals surface area contributed by atoms with E-state index in [9.17, 15) is 14.4 Å². The van der Waals surface area contributed by atoms with Crippen LogP contribution in [0.3, 0.4) is 0 Å². The molecule has 0 radical (unpaired) electrons. The Hall–Kier alpha value is -3.55.